The lowest BCUT2D eigenvalue weighted by Gasteiger charge is -2.43. The molecule has 13 nitrogen and oxygen atoms in total. The summed E-state index contributed by atoms with van der Waals surface area (Å²) in [5, 5.41) is 6.26. The molecule has 0 fully saturated rings. The van der Waals surface area contributed by atoms with E-state index in [0.717, 1.165) is 39.2 Å². The van der Waals surface area contributed by atoms with Crippen LogP contribution in [0.4, 0.5) is 14.0 Å². The average molecular weight is 886 g/mol. The Morgan fingerprint density at radius 3 is 1.52 bits per heavy atom. The molecule has 2 heterocycles. The van der Waals surface area contributed by atoms with Crippen LogP contribution in [-0.4, -0.2) is 102 Å². The largest absolute Gasteiger partial charge is 0.432 e. The number of benzene rings is 2. The minimum absolute atomic E-state index is 0.365. The van der Waals surface area contributed by atoms with Crippen LogP contribution in [-0.2, 0) is 19.1 Å². The third kappa shape index (κ3) is 10.9. The summed E-state index contributed by atoms with van der Waals surface area (Å²) in [5.41, 5.74) is 0.382. The first-order valence-electron chi connectivity index (χ1n) is 21.9. The van der Waals surface area contributed by atoms with Crippen LogP contribution in [0.25, 0.3) is 28.0 Å². The summed E-state index contributed by atoms with van der Waals surface area (Å²) in [6.45, 7) is 23.2. The number of carbonyl (C=O) groups excluding carboxylic acids is 4. The lowest BCUT2D eigenvalue weighted by molar-refractivity contribution is -0.155. The number of aromatic amines is 1. The van der Waals surface area contributed by atoms with Gasteiger partial charge in [-0.2, -0.15) is 0 Å². The predicted octanol–water partition coefficient (Wildman–Crippen LogP) is 10.0. The van der Waals surface area contributed by atoms with Gasteiger partial charge < -0.3 is 34.9 Å². The average Bonchev–Trinajstić information content (AvgIpc) is 3.91. The van der Waals surface area contributed by atoms with Gasteiger partial charge in [-0.3, -0.25) is 19.0 Å². The van der Waals surface area contributed by atoms with Gasteiger partial charge in [-0.25, -0.2) is 14.6 Å². The molecular formula is C50H72FN7O6. The van der Waals surface area contributed by atoms with Crippen molar-refractivity contribution in [2.24, 2.45) is 26.7 Å². The maximum absolute atomic E-state index is 14.4. The second kappa shape index (κ2) is 18.9. The normalized spacial score (nSPS) is 16.3. The minimum Gasteiger partial charge on any atom is -0.432 e. The molecule has 0 saturated heterocycles. The van der Waals surface area contributed by atoms with Crippen LogP contribution in [0.1, 0.15) is 120 Å². The monoisotopic (exact) mass is 886 g/mol. The van der Waals surface area contributed by atoms with Gasteiger partial charge in [-0.05, 0) is 58.9 Å². The van der Waals surface area contributed by atoms with E-state index in [1.807, 2.05) is 72.0 Å². The molecule has 4 atom stereocenters. The van der Waals surface area contributed by atoms with Crippen molar-refractivity contribution in [1.82, 2.24) is 30.4 Å². The number of nitrogens with zero attached hydrogens (tertiary/aromatic N) is 4. The summed E-state index contributed by atoms with van der Waals surface area (Å²) in [7, 11) is 6.20. The number of ether oxygens (including phenoxy) is 2. The number of carbonyl (C=O) groups is 4. The molecule has 0 saturated carbocycles. The number of H-pyrrole nitrogens is 1. The molecule has 2 aromatic carbocycles. The molecule has 1 aliphatic rings. The summed E-state index contributed by atoms with van der Waals surface area (Å²) in [6.07, 6.45) is 3.41. The topological polar surface area (TPSA) is 158 Å². The molecule has 2 unspecified atom stereocenters. The number of allylic oxidation sites excluding steroid dienone is 1. The fourth-order valence-corrected chi connectivity index (χ4v) is 7.16. The molecule has 4 amide bonds. The highest BCUT2D eigenvalue weighted by Gasteiger charge is 2.53. The van der Waals surface area contributed by atoms with Gasteiger partial charge in [0.2, 0.25) is 0 Å². The Morgan fingerprint density at radius 1 is 0.672 bits per heavy atom. The van der Waals surface area contributed by atoms with E-state index in [1.54, 1.807) is 41.1 Å². The van der Waals surface area contributed by atoms with Crippen LogP contribution in [0.2, 0.25) is 0 Å². The molecule has 14 heteroatoms. The van der Waals surface area contributed by atoms with Crippen molar-refractivity contribution in [1.29, 1.82) is 0 Å². The molecule has 0 spiro atoms. The molecule has 0 radical (unpaired) electrons. The van der Waals surface area contributed by atoms with E-state index >= 15 is 0 Å². The second-order valence-electron chi connectivity index (χ2n) is 21.2. The van der Waals surface area contributed by atoms with Gasteiger partial charge in [0.05, 0.1) is 30.6 Å². The third-order valence-corrected chi connectivity index (χ3v) is 13.0. The maximum Gasteiger partial charge on any atom is 0.410 e. The van der Waals surface area contributed by atoms with Crippen molar-refractivity contribution >= 4 is 35.3 Å². The highest BCUT2D eigenvalue weighted by Crippen LogP contribution is 2.41. The number of hydrogen-bond donors (Lipinski definition) is 3. The molecule has 3 N–H and O–H groups in total. The number of imidazole rings is 1. The van der Waals surface area contributed by atoms with Crippen LogP contribution in [0.5, 0.6) is 0 Å². The molecule has 4 rings (SSSR count). The molecular weight excluding hydrogens is 814 g/mol. The van der Waals surface area contributed by atoms with E-state index in [0.29, 0.717) is 18.7 Å². The Morgan fingerprint density at radius 2 is 1.09 bits per heavy atom. The summed E-state index contributed by atoms with van der Waals surface area (Å²) < 4.78 is 25.9. The minimum atomic E-state index is -1.82. The zero-order chi connectivity index (χ0) is 48.4. The smallest absolute Gasteiger partial charge is 0.410 e. The highest BCUT2D eigenvalue weighted by molar-refractivity contribution is 6.04. The van der Waals surface area contributed by atoms with Gasteiger partial charge in [0.15, 0.2) is 11.2 Å². The van der Waals surface area contributed by atoms with Gasteiger partial charge in [0, 0.05) is 57.4 Å². The Kier molecular flexibility index (Phi) is 15.1. The Hall–Kier alpha value is -5.53. The van der Waals surface area contributed by atoms with Crippen molar-refractivity contribution in [3.8, 4) is 22.4 Å². The van der Waals surface area contributed by atoms with Crippen molar-refractivity contribution in [3.05, 3.63) is 72.3 Å². The number of amides is 4. The van der Waals surface area contributed by atoms with E-state index < -0.39 is 69.7 Å². The van der Waals surface area contributed by atoms with Crippen LogP contribution < -0.4 is 10.6 Å². The first-order valence-corrected chi connectivity index (χ1v) is 21.9. The summed E-state index contributed by atoms with van der Waals surface area (Å²) in [4.78, 5) is 69.0. The molecule has 3 aromatic rings. The molecule has 0 aliphatic carbocycles. The first kappa shape index (κ1) is 51.1. The van der Waals surface area contributed by atoms with Crippen LogP contribution >= 0.6 is 0 Å². The van der Waals surface area contributed by atoms with Gasteiger partial charge in [0.25, 0.3) is 11.8 Å². The summed E-state index contributed by atoms with van der Waals surface area (Å²) in [5.74, 6) is -0.491. The van der Waals surface area contributed by atoms with Crippen LogP contribution in [0.15, 0.2) is 65.9 Å². The fraction of sp³-hybridized carbons (Fsp3) is 0.560. The number of aromatic nitrogens is 2. The van der Waals surface area contributed by atoms with Crippen LogP contribution in [0.3, 0.4) is 0 Å². The number of alkyl halides is 1. The molecule has 1 aromatic heterocycles. The number of aliphatic imine (C=N–C) groups is 1. The van der Waals surface area contributed by atoms with Gasteiger partial charge in [-0.1, -0.05) is 125 Å². The lowest BCUT2D eigenvalue weighted by atomic mass is 9.72. The standard InChI is InChI=1S/C50H72FN7O6/c1-18-47(8,9)49(12,63-43(61)57(14)15)41(59)55-38(45(2,3)4)36-27-35(28-52-36)33-21-19-31(20-22-33)32-23-25-34(26-24-32)37-29-53-40(54-37)39(46(5,6)7)56-42(60)50(13,48(10,11)30-51)64-44(62)58(16)17/h19-26,28-29,38-39H,18,27,30H2,1-17H3,(H,53,54)(H,55,59)(H,56,60)/t38-,39-,49?,50?/m1/s1. The van der Waals surface area contributed by atoms with E-state index in [1.165, 1.54) is 30.8 Å². The Balaban J connectivity index is 1.49. The number of halogens is 1. The molecule has 64 heavy (non-hydrogen) atoms. The number of rotatable bonds is 15. The third-order valence-electron chi connectivity index (χ3n) is 13.0. The number of hydrogen-bond acceptors (Lipinski definition) is 8. The zero-order valence-corrected chi connectivity index (χ0v) is 41.2. The maximum atomic E-state index is 14.4. The molecule has 0 bridgehead atoms. The molecule has 1 aliphatic heterocycles. The summed E-state index contributed by atoms with van der Waals surface area (Å²) >= 11 is 0. The highest BCUT2D eigenvalue weighted by atomic mass is 19.1. The van der Waals surface area contributed by atoms with Crippen LogP contribution in [0, 0.1) is 21.7 Å². The van der Waals surface area contributed by atoms with Crippen molar-refractivity contribution in [2.75, 3.05) is 34.9 Å². The van der Waals surface area contributed by atoms with E-state index in [9.17, 15) is 23.6 Å². The van der Waals surface area contributed by atoms with Gasteiger partial charge in [0.1, 0.15) is 5.82 Å². The van der Waals surface area contributed by atoms with Crippen molar-refractivity contribution in [2.45, 2.75) is 126 Å². The lowest BCUT2D eigenvalue weighted by Crippen LogP contribution is -2.62. The van der Waals surface area contributed by atoms with Gasteiger partial charge in [-0.15, -0.1) is 0 Å². The zero-order valence-electron chi connectivity index (χ0n) is 41.2. The predicted molar refractivity (Wildman–Crippen MR) is 252 cm³/mol. The number of nitrogens with one attached hydrogen (secondary N) is 3. The Labute approximate surface area is 380 Å². The quantitative estimate of drug-likeness (QED) is 0.137. The summed E-state index contributed by atoms with van der Waals surface area (Å²) in [6, 6.07) is 15.3. The van der Waals surface area contributed by atoms with Crippen molar-refractivity contribution in [3.63, 3.8) is 0 Å². The second-order valence-corrected chi connectivity index (χ2v) is 21.2. The van der Waals surface area contributed by atoms with E-state index in [4.69, 9.17) is 14.5 Å². The SMILES string of the molecule is CCC(C)(C)C(C)(OC(=O)N(C)C)C(=O)N[C@H](C1=NC=C(c2ccc(-c3ccc(-c4cnc([C@@H](NC(=O)C(C)(OC(=O)N(C)C)C(C)(C)CF)C(C)(C)C)[nH]4)cc3)cc2)C1)C(C)(C)C. The van der Waals surface area contributed by atoms with E-state index in [2.05, 4.69) is 65.6 Å². The van der Waals surface area contributed by atoms with Gasteiger partial charge >= 0.3 is 12.2 Å². The fourth-order valence-electron chi connectivity index (χ4n) is 7.16. The Bertz CT molecular complexity index is 2230. The van der Waals surface area contributed by atoms with E-state index in [-0.39, 0.29) is 5.91 Å². The first-order chi connectivity index (χ1) is 29.4. The molecule has 350 valence electrons. The van der Waals surface area contributed by atoms with Crippen molar-refractivity contribution < 1.29 is 33.0 Å².